The molecule has 0 aliphatic carbocycles. The van der Waals surface area contributed by atoms with E-state index in [4.69, 9.17) is 49.2 Å². The fourth-order valence-electron chi connectivity index (χ4n) is 9.25. The molecule has 0 radical (unpaired) electrons. The fourth-order valence-corrected chi connectivity index (χ4v) is 16.1. The van der Waals surface area contributed by atoms with E-state index in [0.29, 0.717) is 24.6 Å². The predicted molar refractivity (Wildman–Crippen MR) is 368 cm³/mol. The average Bonchev–Trinajstić information content (AvgIpc) is 1.62. The van der Waals surface area contributed by atoms with Gasteiger partial charge in [-0.25, -0.2) is 62.1 Å². The predicted octanol–water partition coefficient (Wildman–Crippen LogP) is -2.94. The molecule has 4 aromatic rings. The number of nitrogen functional groups attached to an aromatic ring is 2. The molecule has 6 rings (SSSR count). The summed E-state index contributed by atoms with van der Waals surface area (Å²) in [7, 11) is -32.9. The molecule has 0 bridgehead atoms. The monoisotopic (exact) mass is 1730 g/mol. The number of amides is 4. The van der Waals surface area contributed by atoms with Gasteiger partial charge in [0.25, 0.3) is 5.12 Å². The van der Waals surface area contributed by atoms with Crippen molar-refractivity contribution >= 4 is 150 Å². The van der Waals surface area contributed by atoms with E-state index in [2.05, 4.69) is 68.8 Å². The number of carbonyl (C=O) groups is 8. The molecule has 2 fully saturated rings. The van der Waals surface area contributed by atoms with Crippen LogP contribution in [-0.2, 0) is 111 Å². The van der Waals surface area contributed by atoms with Gasteiger partial charge in [-0.3, -0.25) is 69.8 Å². The number of phosphoric ester groups is 6. The minimum absolute atomic E-state index is 0.0153. The number of carboxylic acids is 2. The Labute approximate surface area is 628 Å². The number of anilines is 2. The zero-order chi connectivity index (χ0) is 82.7. The summed E-state index contributed by atoms with van der Waals surface area (Å²) < 4.78 is 124. The molecular weight excluding hydrogens is 1650 g/mol. The number of thioether (sulfide) groups is 2. The number of nitrogens with two attached hydrogens (primary N) is 2. The molecule has 0 aromatic carbocycles. The Morgan fingerprint density at radius 1 is 0.536 bits per heavy atom. The number of hydrogen-bond donors (Lipinski definition) is 20. The van der Waals surface area contributed by atoms with E-state index in [9.17, 15) is 125 Å². The summed E-state index contributed by atoms with van der Waals surface area (Å²) in [5, 5.41) is 68.1. The van der Waals surface area contributed by atoms with Gasteiger partial charge in [-0.15, -0.1) is 0 Å². The number of nitrogens with zero attached hydrogens (tertiary/aromatic N) is 8. The summed E-state index contributed by atoms with van der Waals surface area (Å²) in [4.78, 5) is 194. The highest BCUT2D eigenvalue weighted by atomic mass is 32.2. The molecule has 6 heterocycles. The van der Waals surface area contributed by atoms with Crippen molar-refractivity contribution in [3.63, 3.8) is 0 Å². The first-order valence-corrected chi connectivity index (χ1v) is 42.4. The first kappa shape index (κ1) is 94.7. The first-order valence-electron chi connectivity index (χ1n) is 31.4. The fraction of sp³-hybridized carbons (Fsp3) is 0.640. The van der Waals surface area contributed by atoms with Crippen LogP contribution >= 0.6 is 70.5 Å². The van der Waals surface area contributed by atoms with E-state index in [0.717, 1.165) is 46.2 Å². The summed E-state index contributed by atoms with van der Waals surface area (Å²) in [5.41, 5.74) is 8.39. The smallest absolute Gasteiger partial charge is 0.481 e. The normalized spacial score (nSPS) is 21.7. The Morgan fingerprint density at radius 3 is 1.28 bits per heavy atom. The summed E-state index contributed by atoms with van der Waals surface area (Å²) >= 11 is 1.46. The molecule has 0 saturated carbocycles. The molecule has 14 atom stereocenters. The lowest BCUT2D eigenvalue weighted by atomic mass is 9.87. The third-order valence-corrected chi connectivity index (χ3v) is 22.7. The molecule has 2 aliphatic rings. The van der Waals surface area contributed by atoms with Crippen molar-refractivity contribution in [1.29, 1.82) is 0 Å². The lowest BCUT2D eigenvalue weighted by Crippen LogP contribution is -2.46. The Hall–Kier alpha value is -5.94. The highest BCUT2D eigenvalue weighted by Crippen LogP contribution is 2.63. The molecule has 2 saturated heterocycles. The number of aliphatic hydroxyl groups excluding tert-OH is 4. The summed E-state index contributed by atoms with van der Waals surface area (Å²) in [5.74, 6) is -5.53. The van der Waals surface area contributed by atoms with Gasteiger partial charge < -0.3 is 112 Å². The molecule has 4 unspecified atom stereocenters. The highest BCUT2D eigenvalue weighted by molar-refractivity contribution is 8.15. The van der Waals surface area contributed by atoms with Gasteiger partial charge in [-0.1, -0.05) is 51.2 Å². The molecule has 110 heavy (non-hydrogen) atoms. The Morgan fingerprint density at radius 2 is 0.909 bits per heavy atom. The van der Waals surface area contributed by atoms with Crippen LogP contribution in [0, 0.1) is 10.8 Å². The topological polar surface area (TPSA) is 802 Å². The van der Waals surface area contributed by atoms with Gasteiger partial charge in [0, 0.05) is 74.2 Å². The molecule has 620 valence electrons. The van der Waals surface area contributed by atoms with Crippen LogP contribution < -0.4 is 32.7 Å². The van der Waals surface area contributed by atoms with Crippen LogP contribution in [0.15, 0.2) is 25.3 Å². The molecule has 4 aromatic heterocycles. The number of nitrogens with one attached hydrogen (secondary N) is 4. The molecule has 0 spiro atoms. The second-order valence-electron chi connectivity index (χ2n) is 24.4. The number of rotatable bonds is 43. The number of ether oxygens (including phenoxy) is 2. The quantitative estimate of drug-likeness (QED) is 0.0120. The van der Waals surface area contributed by atoms with Crippen molar-refractivity contribution in [2.24, 2.45) is 10.8 Å². The summed E-state index contributed by atoms with van der Waals surface area (Å²) in [6.07, 6.45) is -13.2. The van der Waals surface area contributed by atoms with Crippen LogP contribution in [0.5, 0.6) is 0 Å². The van der Waals surface area contributed by atoms with Crippen molar-refractivity contribution in [2.75, 3.05) is 75.6 Å². The number of aliphatic hydroxyl groups is 4. The minimum Gasteiger partial charge on any atom is -0.481 e. The molecule has 22 N–H and O–H groups in total. The van der Waals surface area contributed by atoms with E-state index in [-0.39, 0.29) is 102 Å². The second-order valence-corrected chi connectivity index (χ2v) is 35.1. The number of carboxylic acid groups (broad SMARTS) is 2. The Balaban J connectivity index is 0.000000395. The van der Waals surface area contributed by atoms with E-state index in [1.165, 1.54) is 27.7 Å². The van der Waals surface area contributed by atoms with E-state index >= 15 is 0 Å². The zero-order valence-corrected chi connectivity index (χ0v) is 64.7. The first-order chi connectivity index (χ1) is 50.8. The maximum absolute atomic E-state index is 12.7. The van der Waals surface area contributed by atoms with Gasteiger partial charge in [0.05, 0.1) is 39.1 Å². The van der Waals surface area contributed by atoms with Gasteiger partial charge in [-0.05, 0) is 12.8 Å². The highest BCUT2D eigenvalue weighted by Gasteiger charge is 2.53. The van der Waals surface area contributed by atoms with Crippen LogP contribution in [-0.4, -0.2) is 268 Å². The van der Waals surface area contributed by atoms with Gasteiger partial charge in [0.15, 0.2) is 40.5 Å². The number of phosphoric acid groups is 6. The maximum atomic E-state index is 12.7. The van der Waals surface area contributed by atoms with Gasteiger partial charge in [-0.2, -0.15) is 8.62 Å². The maximum Gasteiger partial charge on any atom is 0.481 e. The van der Waals surface area contributed by atoms with Gasteiger partial charge in [0.2, 0.25) is 23.6 Å². The van der Waals surface area contributed by atoms with Gasteiger partial charge >= 0.3 is 58.9 Å². The second kappa shape index (κ2) is 40.9. The number of hydrogen-bond acceptors (Lipinski definition) is 38. The van der Waals surface area contributed by atoms with Crippen LogP contribution in [0.3, 0.4) is 0 Å². The lowest BCUT2D eigenvalue weighted by Gasteiger charge is -2.30. The summed E-state index contributed by atoms with van der Waals surface area (Å²) in [6.45, 7) is 0.335. The molecule has 60 heteroatoms. The molecule has 2 aliphatic heterocycles. The molecular formula is C50H80N14O38P6S2. The average molecular weight is 1740 g/mol. The Kier molecular flexibility index (Phi) is 35.2. The van der Waals surface area contributed by atoms with Crippen LogP contribution in [0.25, 0.3) is 22.3 Å². The zero-order valence-electron chi connectivity index (χ0n) is 57.7. The van der Waals surface area contributed by atoms with Crippen molar-refractivity contribution in [2.45, 2.75) is 128 Å². The minimum atomic E-state index is -5.59. The largest absolute Gasteiger partial charge is 0.481 e. The third-order valence-electron chi connectivity index (χ3n) is 14.7. The number of fused-ring (bicyclic) bond motifs is 2. The van der Waals surface area contributed by atoms with Crippen LogP contribution in [0.4, 0.5) is 11.6 Å². The lowest BCUT2D eigenvalue weighted by molar-refractivity contribution is -0.145. The number of aliphatic carboxylic acids is 2. The molecule has 52 nitrogen and oxygen atoms in total. The molecule has 4 amide bonds. The van der Waals surface area contributed by atoms with Crippen LogP contribution in [0.1, 0.15) is 78.7 Å². The number of aromatic nitrogens is 8. The summed E-state index contributed by atoms with van der Waals surface area (Å²) in [6, 6.07) is 0. The van der Waals surface area contributed by atoms with Crippen LogP contribution in [0.2, 0.25) is 0 Å². The standard InChI is InChI=1S/C27H44N7O19P3S.C23H36N7O19P3S/c1-27(2,22(40)25(41)30-8-7-16(35)29-9-10-57-18(38)6-4-3-5-17(36)37)12-50-56(47,48)53-55(45,46)49-11-15-21(52-54(42,43)44)20(39)26(51-15)34-14-33-19-23(28)31-13-32-24(19)34;1-23(2,16(33)19(34)26-4-3-12(31)25-5-6-53-22(37)21(35)36)8-46-52(43,44)49-51(41,42)45-7-11-15(48-50(38,39)40)14(32)20(47-11)30-10-29-13-17(24)27-9-28-18(13)30/h13-15,20-22,26,39-40H,3-12H2,1-2H3,(H,29,35)(H,30,41)(H,36,37)(H,45,46)(H,47,48)(H2,28,31,32)(H2,42,43,44);9-11,14-16,20,32-33H,3-8H2,1-2H3,(H,25,31)(H,26,34)(H,35,36)(H,41,42)(H,43,44)(H2,24,27,28)(H2,38,39,40)/t15-,20-,21-,22+,26-;11-,14-,15-,16+,20-/m11/s1. The van der Waals surface area contributed by atoms with E-state index < -0.39 is 186 Å². The number of unbranched alkanes of at least 4 members (excludes halogenated alkanes) is 1. The van der Waals surface area contributed by atoms with Gasteiger partial charge in [0.1, 0.15) is 72.5 Å². The number of carbonyl (C=O) groups excluding carboxylic acids is 6. The van der Waals surface area contributed by atoms with Crippen molar-refractivity contribution in [3.8, 4) is 0 Å². The number of imidazole rings is 2. The Bertz CT molecular complexity index is 4210. The van der Waals surface area contributed by atoms with E-state index in [1.54, 1.807) is 0 Å². The van der Waals surface area contributed by atoms with Crippen molar-refractivity contribution in [1.82, 2.24) is 60.3 Å². The van der Waals surface area contributed by atoms with Crippen molar-refractivity contribution in [3.05, 3.63) is 25.3 Å². The third kappa shape index (κ3) is 30.4. The van der Waals surface area contributed by atoms with Crippen molar-refractivity contribution < 1.29 is 181 Å². The SMILES string of the molecule is CC(C)(COP(=O)(O)OP(=O)(O)OC[C@H]1O[C@@H](n2cnc3c(N)ncnc32)[C@H](O)[C@@H]1OP(=O)(O)O)[C@@H](O)C(=O)NCCC(=O)NCCSC(=O)C(=O)O.CC(C)(COP(=O)(O)OP(=O)(O)OC[C@H]1O[C@@H](n2cnc3c(N)ncnc32)[C@H](O)[C@@H]1OP(=O)(O)O)[C@@H](O)C(=O)NCCC(=O)NCCSC(=O)CCCCC(=O)O. The van der Waals surface area contributed by atoms with E-state index in [1.807, 2.05) is 0 Å².